The Balaban J connectivity index is 2.05. The van der Waals surface area contributed by atoms with Gasteiger partial charge < -0.3 is 10.0 Å². The Kier molecular flexibility index (Phi) is 2.95. The lowest BCUT2D eigenvalue weighted by molar-refractivity contribution is -0.146. The number of piperidine rings is 1. The molecule has 0 bridgehead atoms. The fraction of sp³-hybridized carbons (Fsp3) is 0.857. The number of hydrogen-bond donors (Lipinski definition) is 1. The summed E-state index contributed by atoms with van der Waals surface area (Å²) in [5.41, 5.74) is 0.0561. The first-order chi connectivity index (χ1) is 8.19. The molecular weight excluding hydrogens is 230 g/mol. The number of rotatable bonds is 2. The van der Waals surface area contributed by atoms with Crippen LogP contribution in [0, 0.1) is 22.7 Å². The highest BCUT2D eigenvalue weighted by atomic mass is 16.4. The lowest BCUT2D eigenvalue weighted by atomic mass is 9.97. The van der Waals surface area contributed by atoms with Crippen molar-refractivity contribution in [2.24, 2.45) is 22.7 Å². The Labute approximate surface area is 108 Å². The van der Waals surface area contributed by atoms with Gasteiger partial charge in [-0.1, -0.05) is 27.7 Å². The normalized spacial score (nSPS) is 30.0. The number of carboxylic acid groups (broad SMARTS) is 1. The van der Waals surface area contributed by atoms with E-state index in [9.17, 15) is 9.59 Å². The zero-order chi connectivity index (χ0) is 13.7. The van der Waals surface area contributed by atoms with Gasteiger partial charge in [0.25, 0.3) is 0 Å². The van der Waals surface area contributed by atoms with Gasteiger partial charge in [-0.05, 0) is 23.7 Å². The van der Waals surface area contributed by atoms with Crippen molar-refractivity contribution in [1.29, 1.82) is 0 Å². The first kappa shape index (κ1) is 13.4. The van der Waals surface area contributed by atoms with Crippen molar-refractivity contribution in [3.05, 3.63) is 0 Å². The molecule has 1 N–H and O–H groups in total. The van der Waals surface area contributed by atoms with Crippen molar-refractivity contribution in [2.75, 3.05) is 13.1 Å². The van der Waals surface area contributed by atoms with Crippen LogP contribution in [0.25, 0.3) is 0 Å². The van der Waals surface area contributed by atoms with E-state index >= 15 is 0 Å². The Hall–Kier alpha value is -1.06. The van der Waals surface area contributed by atoms with E-state index < -0.39 is 5.97 Å². The molecular formula is C14H23NO3. The van der Waals surface area contributed by atoms with Crippen LogP contribution in [0.1, 0.15) is 40.5 Å². The lowest BCUT2D eigenvalue weighted by Gasteiger charge is -2.31. The molecule has 1 saturated heterocycles. The van der Waals surface area contributed by atoms with Crippen molar-refractivity contribution in [2.45, 2.75) is 40.5 Å². The highest BCUT2D eigenvalue weighted by Crippen LogP contribution is 2.68. The van der Waals surface area contributed by atoms with Gasteiger partial charge in [-0.15, -0.1) is 0 Å². The van der Waals surface area contributed by atoms with E-state index in [0.29, 0.717) is 19.5 Å². The second kappa shape index (κ2) is 3.97. The quantitative estimate of drug-likeness (QED) is 0.818. The van der Waals surface area contributed by atoms with E-state index in [4.69, 9.17) is 5.11 Å². The summed E-state index contributed by atoms with van der Waals surface area (Å²) in [4.78, 5) is 25.3. The zero-order valence-corrected chi connectivity index (χ0v) is 11.7. The molecule has 1 atom stereocenters. The average molecular weight is 253 g/mol. The fourth-order valence-electron chi connectivity index (χ4n) is 3.38. The standard InChI is InChI=1S/C14H23NO3/c1-13(2)10(14(13,3)4)11(16)15-7-5-6-9(8-15)12(17)18/h9-10H,5-8H2,1-4H3,(H,17,18)/t9-/m0/s1. The molecule has 0 unspecified atom stereocenters. The average Bonchev–Trinajstić information content (AvgIpc) is 2.69. The molecule has 2 aliphatic rings. The molecule has 0 aromatic carbocycles. The topological polar surface area (TPSA) is 57.6 Å². The first-order valence-corrected chi connectivity index (χ1v) is 6.71. The van der Waals surface area contributed by atoms with Crippen LogP contribution in [-0.2, 0) is 9.59 Å². The summed E-state index contributed by atoms with van der Waals surface area (Å²) in [6.07, 6.45) is 1.49. The largest absolute Gasteiger partial charge is 0.481 e. The van der Waals surface area contributed by atoms with Gasteiger partial charge in [0.2, 0.25) is 5.91 Å². The van der Waals surface area contributed by atoms with Gasteiger partial charge >= 0.3 is 5.97 Å². The Bertz CT molecular complexity index is 373. The number of likely N-dealkylation sites (tertiary alicyclic amines) is 1. The van der Waals surface area contributed by atoms with Gasteiger partial charge in [-0.25, -0.2) is 0 Å². The van der Waals surface area contributed by atoms with E-state index in [1.54, 1.807) is 4.90 Å². The van der Waals surface area contributed by atoms with Crippen LogP contribution in [0.4, 0.5) is 0 Å². The SMILES string of the molecule is CC1(C)C(C(=O)N2CCC[C@H](C(=O)O)C2)C1(C)C. The monoisotopic (exact) mass is 253 g/mol. The molecule has 0 spiro atoms. The van der Waals surface area contributed by atoms with Crippen LogP contribution in [0.5, 0.6) is 0 Å². The first-order valence-electron chi connectivity index (χ1n) is 6.71. The summed E-state index contributed by atoms with van der Waals surface area (Å²) in [5.74, 6) is -0.969. The zero-order valence-electron chi connectivity index (χ0n) is 11.7. The molecule has 2 fully saturated rings. The van der Waals surface area contributed by atoms with Crippen LogP contribution in [-0.4, -0.2) is 35.0 Å². The molecule has 1 aliphatic carbocycles. The van der Waals surface area contributed by atoms with E-state index in [1.807, 2.05) is 0 Å². The van der Waals surface area contributed by atoms with E-state index in [-0.39, 0.29) is 28.6 Å². The minimum Gasteiger partial charge on any atom is -0.481 e. The maximum absolute atomic E-state index is 12.5. The summed E-state index contributed by atoms with van der Waals surface area (Å²) in [6, 6.07) is 0. The number of aliphatic carboxylic acids is 1. The Morgan fingerprint density at radius 1 is 1.17 bits per heavy atom. The van der Waals surface area contributed by atoms with Gasteiger partial charge in [0, 0.05) is 19.0 Å². The summed E-state index contributed by atoms with van der Waals surface area (Å²) in [7, 11) is 0. The minimum absolute atomic E-state index is 0.0280. The van der Waals surface area contributed by atoms with E-state index in [0.717, 1.165) is 6.42 Å². The summed E-state index contributed by atoms with van der Waals surface area (Å²) in [6.45, 7) is 9.58. The number of hydrogen-bond acceptors (Lipinski definition) is 2. The second-order valence-electron chi connectivity index (χ2n) is 6.84. The van der Waals surface area contributed by atoms with Gasteiger partial charge in [-0.2, -0.15) is 0 Å². The molecule has 0 radical (unpaired) electrons. The molecule has 1 amide bonds. The molecule has 0 aromatic heterocycles. The molecule has 18 heavy (non-hydrogen) atoms. The molecule has 1 aliphatic heterocycles. The maximum Gasteiger partial charge on any atom is 0.308 e. The van der Waals surface area contributed by atoms with Crippen molar-refractivity contribution >= 4 is 11.9 Å². The summed E-state index contributed by atoms with van der Waals surface area (Å²) >= 11 is 0. The van der Waals surface area contributed by atoms with Crippen molar-refractivity contribution in [3.8, 4) is 0 Å². The van der Waals surface area contributed by atoms with Gasteiger partial charge in [0.15, 0.2) is 0 Å². The number of carboxylic acids is 1. The molecule has 0 aromatic rings. The van der Waals surface area contributed by atoms with Crippen LogP contribution in [0.2, 0.25) is 0 Å². The maximum atomic E-state index is 12.5. The highest BCUT2D eigenvalue weighted by molar-refractivity contribution is 5.85. The number of carbonyl (C=O) groups excluding carboxylic acids is 1. The lowest BCUT2D eigenvalue weighted by Crippen LogP contribution is -2.43. The van der Waals surface area contributed by atoms with Crippen LogP contribution < -0.4 is 0 Å². The van der Waals surface area contributed by atoms with Crippen molar-refractivity contribution in [1.82, 2.24) is 4.90 Å². The van der Waals surface area contributed by atoms with Gasteiger partial charge in [0.05, 0.1) is 5.92 Å². The molecule has 4 nitrogen and oxygen atoms in total. The predicted molar refractivity (Wildman–Crippen MR) is 68.0 cm³/mol. The third-order valence-electron chi connectivity index (χ3n) is 5.35. The van der Waals surface area contributed by atoms with Gasteiger partial charge in [0.1, 0.15) is 0 Å². The predicted octanol–water partition coefficient (Wildman–Crippen LogP) is 1.99. The second-order valence-corrected chi connectivity index (χ2v) is 6.84. The van der Waals surface area contributed by atoms with Crippen LogP contribution in [0.15, 0.2) is 0 Å². The van der Waals surface area contributed by atoms with Crippen molar-refractivity contribution < 1.29 is 14.7 Å². The summed E-state index contributed by atoms with van der Waals surface area (Å²) in [5, 5.41) is 9.06. The van der Waals surface area contributed by atoms with Gasteiger partial charge in [-0.3, -0.25) is 9.59 Å². The number of carbonyl (C=O) groups is 2. The van der Waals surface area contributed by atoms with Crippen LogP contribution >= 0.6 is 0 Å². The molecule has 1 saturated carbocycles. The minimum atomic E-state index is -0.776. The van der Waals surface area contributed by atoms with E-state index in [2.05, 4.69) is 27.7 Å². The number of amides is 1. The molecule has 102 valence electrons. The smallest absolute Gasteiger partial charge is 0.308 e. The number of nitrogens with zero attached hydrogens (tertiary/aromatic N) is 1. The van der Waals surface area contributed by atoms with E-state index in [1.165, 1.54) is 0 Å². The molecule has 1 heterocycles. The third kappa shape index (κ3) is 1.82. The molecule has 2 rings (SSSR count). The summed E-state index contributed by atoms with van der Waals surface area (Å²) < 4.78 is 0. The fourth-order valence-corrected chi connectivity index (χ4v) is 3.38. The van der Waals surface area contributed by atoms with Crippen molar-refractivity contribution in [3.63, 3.8) is 0 Å². The highest BCUT2D eigenvalue weighted by Gasteiger charge is 2.68. The third-order valence-corrected chi connectivity index (χ3v) is 5.35. The Morgan fingerprint density at radius 3 is 2.17 bits per heavy atom. The van der Waals surface area contributed by atoms with Crippen LogP contribution in [0.3, 0.4) is 0 Å². The Morgan fingerprint density at radius 2 is 1.72 bits per heavy atom. The molecule has 4 heteroatoms.